The van der Waals surface area contributed by atoms with E-state index >= 15 is 0 Å². The Balaban J connectivity index is 1.95. The first-order valence-corrected chi connectivity index (χ1v) is 4.17. The molecule has 2 aliphatic carbocycles. The summed E-state index contributed by atoms with van der Waals surface area (Å²) in [5, 5.41) is 0. The minimum atomic E-state index is 0.593. The Kier molecular flexibility index (Phi) is 0.916. The Morgan fingerprint density at radius 2 is 2.36 bits per heavy atom. The smallest absolute Gasteiger partial charge is 0.110 e. The maximum absolute atomic E-state index is 5.36. The van der Waals surface area contributed by atoms with E-state index in [1.54, 1.807) is 6.26 Å². The van der Waals surface area contributed by atoms with E-state index in [2.05, 4.69) is 18.2 Å². The fraction of sp³-hybridized carbons (Fsp3) is 0.400. The second-order valence-electron chi connectivity index (χ2n) is 3.49. The molecule has 3 unspecified atom stereocenters. The van der Waals surface area contributed by atoms with Crippen molar-refractivity contribution in [3.05, 3.63) is 36.3 Å². The first kappa shape index (κ1) is 5.64. The highest BCUT2D eigenvalue weighted by molar-refractivity contribution is 5.27. The van der Waals surface area contributed by atoms with Gasteiger partial charge in [-0.2, -0.15) is 0 Å². The Morgan fingerprint density at radius 1 is 1.36 bits per heavy atom. The highest BCUT2D eigenvalue weighted by atomic mass is 16.3. The molecule has 1 heteroatoms. The van der Waals surface area contributed by atoms with Gasteiger partial charge in [-0.3, -0.25) is 0 Å². The van der Waals surface area contributed by atoms with Crippen molar-refractivity contribution in [2.75, 3.05) is 0 Å². The number of hydrogen-bond donors (Lipinski definition) is 0. The van der Waals surface area contributed by atoms with Crippen LogP contribution in [0.3, 0.4) is 0 Å². The highest BCUT2D eigenvalue weighted by Crippen LogP contribution is 2.54. The van der Waals surface area contributed by atoms with Gasteiger partial charge in [0.25, 0.3) is 0 Å². The summed E-state index contributed by atoms with van der Waals surface area (Å²) in [5.41, 5.74) is 0. The van der Waals surface area contributed by atoms with E-state index in [0.717, 1.165) is 17.6 Å². The number of rotatable bonds is 1. The highest BCUT2D eigenvalue weighted by Gasteiger charge is 2.45. The van der Waals surface area contributed by atoms with Crippen molar-refractivity contribution < 1.29 is 4.42 Å². The minimum Gasteiger partial charge on any atom is -0.469 e. The Morgan fingerprint density at radius 3 is 2.91 bits per heavy atom. The molecule has 2 aliphatic rings. The zero-order chi connectivity index (χ0) is 7.26. The van der Waals surface area contributed by atoms with E-state index in [-0.39, 0.29) is 0 Å². The minimum absolute atomic E-state index is 0.593. The SMILES string of the molecule is C1=CC(c2ccco2)C2CC12. The van der Waals surface area contributed by atoms with Gasteiger partial charge in [-0.15, -0.1) is 0 Å². The molecular formula is C10H10O. The summed E-state index contributed by atoms with van der Waals surface area (Å²) in [6.07, 6.45) is 7.76. The summed E-state index contributed by atoms with van der Waals surface area (Å²) < 4.78 is 5.36. The number of hydrogen-bond acceptors (Lipinski definition) is 1. The zero-order valence-corrected chi connectivity index (χ0v) is 6.23. The molecule has 1 fully saturated rings. The first-order chi connectivity index (χ1) is 5.45. The van der Waals surface area contributed by atoms with Crippen LogP contribution in [0.2, 0.25) is 0 Å². The van der Waals surface area contributed by atoms with Crippen molar-refractivity contribution in [1.29, 1.82) is 0 Å². The molecule has 1 heterocycles. The summed E-state index contributed by atoms with van der Waals surface area (Å²) in [4.78, 5) is 0. The molecule has 1 aromatic heterocycles. The average molecular weight is 146 g/mol. The van der Waals surface area contributed by atoms with Crippen molar-refractivity contribution >= 4 is 0 Å². The van der Waals surface area contributed by atoms with Crippen LogP contribution in [0.5, 0.6) is 0 Å². The van der Waals surface area contributed by atoms with Crippen molar-refractivity contribution in [2.45, 2.75) is 12.3 Å². The van der Waals surface area contributed by atoms with Gasteiger partial charge in [-0.05, 0) is 30.4 Å². The predicted octanol–water partition coefficient (Wildman–Crippen LogP) is 2.57. The predicted molar refractivity (Wildman–Crippen MR) is 42.2 cm³/mol. The number of fused-ring (bicyclic) bond motifs is 1. The normalized spacial score (nSPS) is 39.1. The van der Waals surface area contributed by atoms with Gasteiger partial charge in [-0.25, -0.2) is 0 Å². The molecule has 0 amide bonds. The monoisotopic (exact) mass is 146 g/mol. The lowest BCUT2D eigenvalue weighted by atomic mass is 10.0. The van der Waals surface area contributed by atoms with Gasteiger partial charge in [0.1, 0.15) is 5.76 Å². The lowest BCUT2D eigenvalue weighted by Crippen LogP contribution is -1.92. The Labute approximate surface area is 65.7 Å². The Hall–Kier alpha value is -0.980. The summed E-state index contributed by atoms with van der Waals surface area (Å²) in [5.74, 6) is 3.49. The van der Waals surface area contributed by atoms with Gasteiger partial charge < -0.3 is 4.42 Å². The molecule has 0 aromatic carbocycles. The average Bonchev–Trinajstić information content (AvgIpc) is 2.54. The maximum atomic E-state index is 5.36. The molecule has 3 atom stereocenters. The van der Waals surface area contributed by atoms with Gasteiger partial charge in [0.2, 0.25) is 0 Å². The van der Waals surface area contributed by atoms with Gasteiger partial charge in [0, 0.05) is 5.92 Å². The topological polar surface area (TPSA) is 13.1 Å². The fourth-order valence-corrected chi connectivity index (χ4v) is 2.06. The first-order valence-electron chi connectivity index (χ1n) is 4.17. The molecule has 11 heavy (non-hydrogen) atoms. The van der Waals surface area contributed by atoms with Crippen LogP contribution in [0.1, 0.15) is 18.1 Å². The van der Waals surface area contributed by atoms with Crippen LogP contribution in [-0.4, -0.2) is 0 Å². The molecule has 0 spiro atoms. The molecule has 56 valence electrons. The quantitative estimate of drug-likeness (QED) is 0.555. The summed E-state index contributed by atoms with van der Waals surface area (Å²) >= 11 is 0. The zero-order valence-electron chi connectivity index (χ0n) is 6.23. The third-order valence-corrected chi connectivity index (χ3v) is 2.79. The van der Waals surface area contributed by atoms with Crippen molar-refractivity contribution in [3.8, 4) is 0 Å². The van der Waals surface area contributed by atoms with Crippen LogP contribution < -0.4 is 0 Å². The molecule has 0 aliphatic heterocycles. The number of furan rings is 1. The standard InChI is InChI=1S/C10H10O/c1-2-10(11-5-1)8-4-3-7-6-9(7)8/h1-5,7-9H,6H2. The van der Waals surface area contributed by atoms with E-state index in [0.29, 0.717) is 5.92 Å². The lowest BCUT2D eigenvalue weighted by molar-refractivity contribution is 0.474. The van der Waals surface area contributed by atoms with Gasteiger partial charge in [0.05, 0.1) is 6.26 Å². The van der Waals surface area contributed by atoms with Crippen LogP contribution >= 0.6 is 0 Å². The van der Waals surface area contributed by atoms with Crippen molar-refractivity contribution in [3.63, 3.8) is 0 Å². The largest absolute Gasteiger partial charge is 0.469 e. The van der Waals surface area contributed by atoms with Crippen LogP contribution in [-0.2, 0) is 0 Å². The van der Waals surface area contributed by atoms with Gasteiger partial charge in [0.15, 0.2) is 0 Å². The molecular weight excluding hydrogens is 136 g/mol. The molecule has 1 saturated carbocycles. The van der Waals surface area contributed by atoms with Crippen LogP contribution in [0.15, 0.2) is 35.0 Å². The third-order valence-electron chi connectivity index (χ3n) is 2.79. The second-order valence-corrected chi connectivity index (χ2v) is 3.49. The summed E-state index contributed by atoms with van der Waals surface area (Å²) in [6.45, 7) is 0. The van der Waals surface area contributed by atoms with E-state index in [1.165, 1.54) is 6.42 Å². The summed E-state index contributed by atoms with van der Waals surface area (Å²) in [7, 11) is 0. The lowest BCUT2D eigenvalue weighted by Gasteiger charge is -2.03. The van der Waals surface area contributed by atoms with Crippen molar-refractivity contribution in [1.82, 2.24) is 0 Å². The van der Waals surface area contributed by atoms with Crippen LogP contribution in [0.4, 0.5) is 0 Å². The molecule has 0 radical (unpaired) electrons. The van der Waals surface area contributed by atoms with Gasteiger partial charge >= 0.3 is 0 Å². The van der Waals surface area contributed by atoms with Crippen LogP contribution in [0, 0.1) is 11.8 Å². The van der Waals surface area contributed by atoms with Gasteiger partial charge in [-0.1, -0.05) is 12.2 Å². The molecule has 0 bridgehead atoms. The van der Waals surface area contributed by atoms with Crippen molar-refractivity contribution in [2.24, 2.45) is 11.8 Å². The molecule has 1 nitrogen and oxygen atoms in total. The molecule has 0 N–H and O–H groups in total. The van der Waals surface area contributed by atoms with E-state index in [9.17, 15) is 0 Å². The maximum Gasteiger partial charge on any atom is 0.110 e. The van der Waals surface area contributed by atoms with E-state index in [1.807, 2.05) is 6.07 Å². The molecule has 0 saturated heterocycles. The fourth-order valence-electron chi connectivity index (χ4n) is 2.06. The number of allylic oxidation sites excluding steroid dienone is 2. The third kappa shape index (κ3) is 0.710. The van der Waals surface area contributed by atoms with E-state index < -0.39 is 0 Å². The Bertz CT molecular complexity index is 284. The van der Waals surface area contributed by atoms with Crippen LogP contribution in [0.25, 0.3) is 0 Å². The van der Waals surface area contributed by atoms with E-state index in [4.69, 9.17) is 4.42 Å². The molecule has 3 rings (SSSR count). The second kappa shape index (κ2) is 1.79. The molecule has 1 aromatic rings. The summed E-state index contributed by atoms with van der Waals surface area (Å²) in [6, 6.07) is 4.05.